The summed E-state index contributed by atoms with van der Waals surface area (Å²) in [5.41, 5.74) is 0. The molecule has 50 heavy (non-hydrogen) atoms. The Morgan fingerprint density at radius 1 is 0.480 bits per heavy atom. The lowest BCUT2D eigenvalue weighted by Crippen LogP contribution is -2.53. The van der Waals surface area contributed by atoms with Crippen molar-refractivity contribution in [3.8, 4) is 0 Å². The van der Waals surface area contributed by atoms with Crippen LogP contribution in [0.3, 0.4) is 0 Å². The van der Waals surface area contributed by atoms with Gasteiger partial charge in [0.1, 0.15) is 12.2 Å². The normalized spacial score (nSPS) is 14.4. The Bertz CT molecular complexity index is 757. The zero-order valence-electron chi connectivity index (χ0n) is 33.2. The molecule has 0 aliphatic rings. The zero-order valence-corrected chi connectivity index (χ0v) is 33.2. The molecule has 0 saturated heterocycles. The van der Waals surface area contributed by atoms with Gasteiger partial charge in [0.05, 0.1) is 18.8 Å². The first-order valence-electron chi connectivity index (χ1n) is 21.7. The SMILES string of the molecule is CCCCCCCCCC/C=C/CC/C=C/CCCC(O)C(O)C(CO)NC(=O)C(O)CCCCCCCCCCCCCCCCCCC. The van der Waals surface area contributed by atoms with E-state index in [4.69, 9.17) is 0 Å². The number of allylic oxidation sites excluding steroid dienone is 4. The number of hydrogen-bond donors (Lipinski definition) is 5. The van der Waals surface area contributed by atoms with Crippen molar-refractivity contribution in [3.05, 3.63) is 24.3 Å². The summed E-state index contributed by atoms with van der Waals surface area (Å²) in [4.78, 5) is 12.5. The summed E-state index contributed by atoms with van der Waals surface area (Å²) in [7, 11) is 0. The van der Waals surface area contributed by atoms with E-state index in [0.29, 0.717) is 19.3 Å². The second-order valence-electron chi connectivity index (χ2n) is 15.0. The van der Waals surface area contributed by atoms with Gasteiger partial charge in [0, 0.05) is 0 Å². The second-order valence-corrected chi connectivity index (χ2v) is 15.0. The molecule has 0 aliphatic carbocycles. The van der Waals surface area contributed by atoms with Gasteiger partial charge in [-0.2, -0.15) is 0 Å². The lowest BCUT2D eigenvalue weighted by Gasteiger charge is -2.27. The number of rotatable bonds is 39. The summed E-state index contributed by atoms with van der Waals surface area (Å²) < 4.78 is 0. The van der Waals surface area contributed by atoms with Gasteiger partial charge in [-0.15, -0.1) is 0 Å². The molecule has 5 N–H and O–H groups in total. The first kappa shape index (κ1) is 48.8. The fourth-order valence-corrected chi connectivity index (χ4v) is 6.66. The molecule has 4 unspecified atom stereocenters. The van der Waals surface area contributed by atoms with Crippen molar-refractivity contribution in [1.29, 1.82) is 0 Å². The highest BCUT2D eigenvalue weighted by atomic mass is 16.3. The summed E-state index contributed by atoms with van der Waals surface area (Å²) in [6.07, 6.45) is 43.5. The van der Waals surface area contributed by atoms with Crippen molar-refractivity contribution >= 4 is 5.91 Å². The van der Waals surface area contributed by atoms with E-state index < -0.39 is 36.9 Å². The molecule has 6 nitrogen and oxygen atoms in total. The van der Waals surface area contributed by atoms with E-state index in [1.807, 2.05) is 0 Å². The van der Waals surface area contributed by atoms with Crippen molar-refractivity contribution < 1.29 is 25.2 Å². The van der Waals surface area contributed by atoms with Crippen LogP contribution in [0.4, 0.5) is 0 Å². The summed E-state index contributed by atoms with van der Waals surface area (Å²) in [6, 6.07) is -1.00. The smallest absolute Gasteiger partial charge is 0.249 e. The highest BCUT2D eigenvalue weighted by molar-refractivity contribution is 5.80. The third-order valence-corrected chi connectivity index (χ3v) is 10.1. The molecular weight excluding hydrogens is 622 g/mol. The molecule has 0 aliphatic heterocycles. The molecule has 6 heteroatoms. The minimum atomic E-state index is -1.29. The second kappa shape index (κ2) is 39.0. The maximum atomic E-state index is 12.5. The van der Waals surface area contributed by atoms with E-state index in [-0.39, 0.29) is 0 Å². The molecule has 296 valence electrons. The fourth-order valence-electron chi connectivity index (χ4n) is 6.66. The van der Waals surface area contributed by atoms with Gasteiger partial charge in [0.15, 0.2) is 0 Å². The summed E-state index contributed by atoms with van der Waals surface area (Å²) in [5, 5.41) is 43.6. The number of amides is 1. The van der Waals surface area contributed by atoms with E-state index >= 15 is 0 Å². The van der Waals surface area contributed by atoms with Gasteiger partial charge in [-0.25, -0.2) is 0 Å². The van der Waals surface area contributed by atoms with Gasteiger partial charge in [0.2, 0.25) is 5.91 Å². The molecule has 0 heterocycles. The molecule has 0 radical (unpaired) electrons. The Morgan fingerprint density at radius 3 is 1.26 bits per heavy atom. The standard InChI is InChI=1S/C44H85NO5/c1-3-5-7-9-11-13-15-17-19-21-23-25-27-29-31-33-35-37-41(47)43(49)40(39-46)45-44(50)42(48)38-36-34-32-30-28-26-24-22-20-18-16-14-12-10-8-6-4-2/h21,23,29,31,40-43,46-49H,3-20,22,24-28,30,32-39H2,1-2H3,(H,45,50)/b23-21+,31-29+. The first-order chi connectivity index (χ1) is 24.5. The van der Waals surface area contributed by atoms with Crippen molar-refractivity contribution in [2.45, 2.75) is 244 Å². The van der Waals surface area contributed by atoms with E-state index in [1.54, 1.807) is 0 Å². The topological polar surface area (TPSA) is 110 Å². The molecule has 1 amide bonds. The Morgan fingerprint density at radius 2 is 0.840 bits per heavy atom. The van der Waals surface area contributed by atoms with Crippen LogP contribution in [0.15, 0.2) is 24.3 Å². The van der Waals surface area contributed by atoms with Crippen LogP contribution in [0.5, 0.6) is 0 Å². The van der Waals surface area contributed by atoms with E-state index in [9.17, 15) is 25.2 Å². The molecule has 0 aromatic rings. The zero-order chi connectivity index (χ0) is 36.8. The molecule has 0 spiro atoms. The van der Waals surface area contributed by atoms with Crippen LogP contribution in [0, 0.1) is 0 Å². The van der Waals surface area contributed by atoms with Crippen LogP contribution in [0.1, 0.15) is 219 Å². The Hall–Kier alpha value is -1.21. The summed E-state index contributed by atoms with van der Waals surface area (Å²) in [5.74, 6) is -0.596. The van der Waals surface area contributed by atoms with Gasteiger partial charge in [0.25, 0.3) is 0 Å². The molecule has 0 fully saturated rings. The number of carbonyl (C=O) groups excluding carboxylic acids is 1. The minimum absolute atomic E-state index is 0.364. The van der Waals surface area contributed by atoms with Crippen LogP contribution < -0.4 is 5.32 Å². The Labute approximate surface area is 310 Å². The Kier molecular flexibility index (Phi) is 38.1. The largest absolute Gasteiger partial charge is 0.394 e. The van der Waals surface area contributed by atoms with Crippen LogP contribution in [0.25, 0.3) is 0 Å². The third kappa shape index (κ3) is 32.7. The predicted octanol–water partition coefficient (Wildman–Crippen LogP) is 11.2. The Balaban J connectivity index is 3.80. The lowest BCUT2D eigenvalue weighted by atomic mass is 10.00. The highest BCUT2D eigenvalue weighted by Crippen LogP contribution is 2.16. The van der Waals surface area contributed by atoms with Crippen molar-refractivity contribution in [2.24, 2.45) is 0 Å². The molecule has 0 saturated carbocycles. The number of hydrogen-bond acceptors (Lipinski definition) is 5. The van der Waals surface area contributed by atoms with Gasteiger partial charge >= 0.3 is 0 Å². The van der Waals surface area contributed by atoms with E-state index in [2.05, 4.69) is 43.5 Å². The van der Waals surface area contributed by atoms with Gasteiger partial charge < -0.3 is 25.7 Å². The number of aliphatic hydroxyl groups excluding tert-OH is 4. The van der Waals surface area contributed by atoms with Gasteiger partial charge in [-0.1, -0.05) is 192 Å². The summed E-state index contributed by atoms with van der Waals surface area (Å²) >= 11 is 0. The lowest BCUT2D eigenvalue weighted by molar-refractivity contribution is -0.132. The van der Waals surface area contributed by atoms with Crippen LogP contribution in [-0.2, 0) is 4.79 Å². The monoisotopic (exact) mass is 708 g/mol. The maximum Gasteiger partial charge on any atom is 0.249 e. The number of carbonyl (C=O) groups is 1. The average Bonchev–Trinajstić information content (AvgIpc) is 3.12. The third-order valence-electron chi connectivity index (χ3n) is 10.1. The van der Waals surface area contributed by atoms with Crippen LogP contribution >= 0.6 is 0 Å². The van der Waals surface area contributed by atoms with Crippen LogP contribution in [0.2, 0.25) is 0 Å². The number of nitrogens with one attached hydrogen (secondary N) is 1. The van der Waals surface area contributed by atoms with Gasteiger partial charge in [-0.3, -0.25) is 4.79 Å². The fraction of sp³-hybridized carbons (Fsp3) is 0.886. The quantitative estimate of drug-likeness (QED) is 0.0323. The first-order valence-corrected chi connectivity index (χ1v) is 21.7. The van der Waals surface area contributed by atoms with E-state index in [0.717, 1.165) is 38.5 Å². The molecular formula is C44H85NO5. The molecule has 0 rings (SSSR count). The summed E-state index contributed by atoms with van der Waals surface area (Å²) in [6.45, 7) is 4.03. The average molecular weight is 708 g/mol. The minimum Gasteiger partial charge on any atom is -0.394 e. The van der Waals surface area contributed by atoms with Crippen LogP contribution in [-0.4, -0.2) is 57.3 Å². The predicted molar refractivity (Wildman–Crippen MR) is 214 cm³/mol. The number of unbranched alkanes of at least 4 members (excludes halogenated alkanes) is 26. The molecule has 4 atom stereocenters. The molecule has 0 bridgehead atoms. The molecule has 0 aromatic heterocycles. The highest BCUT2D eigenvalue weighted by Gasteiger charge is 2.28. The number of aliphatic hydroxyl groups is 4. The van der Waals surface area contributed by atoms with Gasteiger partial charge in [-0.05, 0) is 51.4 Å². The maximum absolute atomic E-state index is 12.5. The van der Waals surface area contributed by atoms with E-state index in [1.165, 1.54) is 148 Å². The van der Waals surface area contributed by atoms with Crippen molar-refractivity contribution in [3.63, 3.8) is 0 Å². The van der Waals surface area contributed by atoms with Crippen molar-refractivity contribution in [1.82, 2.24) is 5.32 Å². The molecule has 0 aromatic carbocycles. The van der Waals surface area contributed by atoms with Crippen molar-refractivity contribution in [2.75, 3.05) is 6.61 Å².